The number of hydrogen-bond acceptors (Lipinski definition) is 4. The van der Waals surface area contributed by atoms with Gasteiger partial charge in [0, 0.05) is 50.2 Å². The minimum atomic E-state index is -4.40. The predicted octanol–water partition coefficient (Wildman–Crippen LogP) is 2.61. The lowest BCUT2D eigenvalue weighted by Crippen LogP contribution is -2.34. The first-order valence-corrected chi connectivity index (χ1v) is 7.50. The number of aryl methyl sites for hydroxylation is 1. The van der Waals surface area contributed by atoms with Crippen molar-refractivity contribution in [2.75, 3.05) is 13.1 Å². The predicted molar refractivity (Wildman–Crippen MR) is 77.5 cm³/mol. The van der Waals surface area contributed by atoms with Crippen LogP contribution in [0.15, 0.2) is 24.9 Å². The zero-order valence-electron chi connectivity index (χ0n) is 12.8. The minimum absolute atomic E-state index is 0.00878. The van der Waals surface area contributed by atoms with Crippen LogP contribution in [0.4, 0.5) is 13.2 Å². The highest BCUT2D eigenvalue weighted by molar-refractivity contribution is 5.12. The van der Waals surface area contributed by atoms with Gasteiger partial charge in [0.15, 0.2) is 5.69 Å². The van der Waals surface area contributed by atoms with Gasteiger partial charge >= 0.3 is 6.18 Å². The molecule has 0 saturated carbocycles. The fraction of sp³-hybridized carbons (Fsp3) is 0.533. The molecule has 1 fully saturated rings. The maximum Gasteiger partial charge on any atom is 0.434 e. The molecule has 0 spiro atoms. The van der Waals surface area contributed by atoms with Gasteiger partial charge in [-0.15, -0.1) is 0 Å². The maximum atomic E-state index is 12.8. The molecule has 2 aromatic rings. The Labute approximate surface area is 132 Å². The van der Waals surface area contributed by atoms with Gasteiger partial charge in [0.2, 0.25) is 0 Å². The molecule has 0 amide bonds. The molecular formula is C15H18F3N5. The molecule has 0 aromatic carbocycles. The Hall–Kier alpha value is -1.96. The minimum Gasteiger partial charge on any atom is -0.337 e. The Bertz CT molecular complexity index is 653. The molecule has 0 radical (unpaired) electrons. The molecule has 1 aliphatic rings. The SMILES string of the molecule is Cn1cc(C(F)(F)F)nc1[C@H]1CCCN(Cc2cncnc2)C1. The van der Waals surface area contributed by atoms with Gasteiger partial charge in [0.1, 0.15) is 12.2 Å². The summed E-state index contributed by atoms with van der Waals surface area (Å²) in [6, 6.07) is 0. The van der Waals surface area contributed by atoms with E-state index in [1.165, 1.54) is 10.9 Å². The van der Waals surface area contributed by atoms with Gasteiger partial charge < -0.3 is 4.57 Å². The molecule has 124 valence electrons. The summed E-state index contributed by atoms with van der Waals surface area (Å²) in [6.07, 6.45) is 3.47. The van der Waals surface area contributed by atoms with Crippen LogP contribution in [-0.2, 0) is 19.8 Å². The van der Waals surface area contributed by atoms with Crippen LogP contribution in [-0.4, -0.2) is 37.5 Å². The summed E-state index contributed by atoms with van der Waals surface area (Å²) in [5.74, 6) is 0.515. The maximum absolute atomic E-state index is 12.8. The first-order valence-electron chi connectivity index (χ1n) is 7.50. The van der Waals surface area contributed by atoms with Gasteiger partial charge in [-0.3, -0.25) is 4.90 Å². The van der Waals surface area contributed by atoms with E-state index < -0.39 is 11.9 Å². The van der Waals surface area contributed by atoms with Crippen LogP contribution in [0.1, 0.15) is 35.8 Å². The van der Waals surface area contributed by atoms with Gasteiger partial charge in [-0.1, -0.05) is 0 Å². The molecular weight excluding hydrogens is 307 g/mol. The van der Waals surface area contributed by atoms with E-state index in [0.717, 1.165) is 31.1 Å². The van der Waals surface area contributed by atoms with Gasteiger partial charge in [-0.05, 0) is 19.4 Å². The smallest absolute Gasteiger partial charge is 0.337 e. The molecule has 0 N–H and O–H groups in total. The van der Waals surface area contributed by atoms with Crippen LogP contribution in [0.2, 0.25) is 0 Å². The van der Waals surface area contributed by atoms with Crippen molar-refractivity contribution in [3.05, 3.63) is 42.0 Å². The highest BCUT2D eigenvalue weighted by atomic mass is 19.4. The lowest BCUT2D eigenvalue weighted by atomic mass is 9.97. The van der Waals surface area contributed by atoms with Crippen LogP contribution in [0.3, 0.4) is 0 Å². The third-order valence-electron chi connectivity index (χ3n) is 4.09. The third-order valence-corrected chi connectivity index (χ3v) is 4.09. The number of likely N-dealkylation sites (tertiary alicyclic amines) is 1. The standard InChI is InChI=1S/C15H18F3N5/c1-22-9-13(15(16,17)18)21-14(22)12-3-2-4-23(8-12)7-11-5-19-10-20-6-11/h5-6,9-10,12H,2-4,7-8H2,1H3/t12-/m0/s1. The molecule has 3 heterocycles. The Balaban J connectivity index is 1.72. The summed E-state index contributed by atoms with van der Waals surface area (Å²) in [6.45, 7) is 2.31. The van der Waals surface area contributed by atoms with E-state index in [1.807, 2.05) is 0 Å². The van der Waals surface area contributed by atoms with E-state index in [4.69, 9.17) is 0 Å². The molecule has 1 saturated heterocycles. The number of piperidine rings is 1. The number of nitrogens with zero attached hydrogens (tertiary/aromatic N) is 5. The molecule has 0 unspecified atom stereocenters. The van der Waals surface area contributed by atoms with Crippen LogP contribution in [0.25, 0.3) is 0 Å². The van der Waals surface area contributed by atoms with Gasteiger partial charge in [0.05, 0.1) is 0 Å². The molecule has 23 heavy (non-hydrogen) atoms. The van der Waals surface area contributed by atoms with E-state index in [0.29, 0.717) is 18.9 Å². The number of aromatic nitrogens is 4. The number of rotatable bonds is 3. The zero-order chi connectivity index (χ0) is 16.4. The summed E-state index contributed by atoms with van der Waals surface area (Å²) in [7, 11) is 1.63. The molecule has 2 aromatic heterocycles. The molecule has 8 heteroatoms. The lowest BCUT2D eigenvalue weighted by molar-refractivity contribution is -0.141. The fourth-order valence-corrected chi connectivity index (χ4v) is 3.08. The quantitative estimate of drug-likeness (QED) is 0.870. The number of hydrogen-bond donors (Lipinski definition) is 0. The molecule has 3 rings (SSSR count). The van der Waals surface area contributed by atoms with Gasteiger partial charge in [0.25, 0.3) is 0 Å². The van der Waals surface area contributed by atoms with Crippen molar-refractivity contribution in [3.63, 3.8) is 0 Å². The summed E-state index contributed by atoms with van der Waals surface area (Å²) in [5, 5.41) is 0. The van der Waals surface area contributed by atoms with Crippen molar-refractivity contribution in [2.24, 2.45) is 7.05 Å². The summed E-state index contributed by atoms with van der Waals surface area (Å²) < 4.78 is 39.9. The topological polar surface area (TPSA) is 46.8 Å². The first kappa shape index (κ1) is 15.9. The van der Waals surface area contributed by atoms with Crippen molar-refractivity contribution >= 4 is 0 Å². The number of alkyl halides is 3. The van der Waals surface area contributed by atoms with Crippen molar-refractivity contribution in [1.82, 2.24) is 24.4 Å². The largest absolute Gasteiger partial charge is 0.434 e. The Morgan fingerprint density at radius 2 is 2.00 bits per heavy atom. The number of halogens is 3. The van der Waals surface area contributed by atoms with E-state index in [-0.39, 0.29) is 5.92 Å². The highest BCUT2D eigenvalue weighted by Crippen LogP contribution is 2.32. The van der Waals surface area contributed by atoms with E-state index in [9.17, 15) is 13.2 Å². The fourth-order valence-electron chi connectivity index (χ4n) is 3.08. The van der Waals surface area contributed by atoms with Crippen LogP contribution < -0.4 is 0 Å². The second kappa shape index (κ2) is 6.27. The van der Waals surface area contributed by atoms with Crippen LogP contribution in [0.5, 0.6) is 0 Å². The molecule has 0 bridgehead atoms. The van der Waals surface area contributed by atoms with Crippen LogP contribution in [0, 0.1) is 0 Å². The zero-order valence-corrected chi connectivity index (χ0v) is 12.8. The highest BCUT2D eigenvalue weighted by Gasteiger charge is 2.36. The molecule has 0 aliphatic carbocycles. The summed E-state index contributed by atoms with van der Waals surface area (Å²) in [5.41, 5.74) is 0.188. The second-order valence-electron chi connectivity index (χ2n) is 5.91. The van der Waals surface area contributed by atoms with Crippen LogP contribution >= 0.6 is 0 Å². The van der Waals surface area contributed by atoms with Gasteiger partial charge in [-0.2, -0.15) is 13.2 Å². The van der Waals surface area contributed by atoms with E-state index in [2.05, 4.69) is 19.9 Å². The summed E-state index contributed by atoms with van der Waals surface area (Å²) >= 11 is 0. The first-order chi connectivity index (χ1) is 10.9. The monoisotopic (exact) mass is 325 g/mol. The van der Waals surface area contributed by atoms with Crippen molar-refractivity contribution in [3.8, 4) is 0 Å². The number of imidazole rings is 1. The average molecular weight is 325 g/mol. The third kappa shape index (κ3) is 3.69. The second-order valence-corrected chi connectivity index (χ2v) is 5.91. The summed E-state index contributed by atoms with van der Waals surface area (Å²) in [4.78, 5) is 14.0. The Morgan fingerprint density at radius 3 is 2.65 bits per heavy atom. The van der Waals surface area contributed by atoms with Crippen molar-refractivity contribution in [1.29, 1.82) is 0 Å². The van der Waals surface area contributed by atoms with Gasteiger partial charge in [-0.25, -0.2) is 15.0 Å². The van der Waals surface area contributed by atoms with E-state index in [1.54, 1.807) is 19.4 Å². The van der Waals surface area contributed by atoms with E-state index >= 15 is 0 Å². The molecule has 1 aliphatic heterocycles. The average Bonchev–Trinajstić information content (AvgIpc) is 2.91. The van der Waals surface area contributed by atoms with Crippen molar-refractivity contribution < 1.29 is 13.2 Å². The van der Waals surface area contributed by atoms with Crippen molar-refractivity contribution in [2.45, 2.75) is 31.5 Å². The Morgan fingerprint density at radius 1 is 1.26 bits per heavy atom. The lowest BCUT2D eigenvalue weighted by Gasteiger charge is -2.32. The Kier molecular flexibility index (Phi) is 4.34. The normalized spacial score (nSPS) is 19.9. The molecule has 5 nitrogen and oxygen atoms in total. The molecule has 1 atom stereocenters.